The molecule has 0 spiro atoms. The predicted octanol–water partition coefficient (Wildman–Crippen LogP) is 1.86. The molecule has 1 aliphatic rings. The third kappa shape index (κ3) is 3.58. The van der Waals surface area contributed by atoms with Crippen molar-refractivity contribution in [3.8, 4) is 0 Å². The van der Waals surface area contributed by atoms with Crippen LogP contribution >= 0.6 is 0 Å². The molecule has 1 aliphatic heterocycles. The Bertz CT molecular complexity index is 495. The SMILES string of the molecule is Cc1ccc(C(C)NC(=O)COC2(C)CNC2)c(C)c1. The molecule has 1 heterocycles. The fourth-order valence-corrected chi connectivity index (χ4v) is 2.49. The van der Waals surface area contributed by atoms with Crippen LogP contribution in [0.3, 0.4) is 0 Å². The summed E-state index contributed by atoms with van der Waals surface area (Å²) < 4.78 is 5.64. The van der Waals surface area contributed by atoms with Gasteiger partial charge in [-0.1, -0.05) is 23.8 Å². The molecule has 0 aromatic heterocycles. The van der Waals surface area contributed by atoms with Crippen molar-refractivity contribution in [2.24, 2.45) is 0 Å². The van der Waals surface area contributed by atoms with E-state index in [2.05, 4.69) is 42.7 Å². The highest BCUT2D eigenvalue weighted by atomic mass is 16.5. The van der Waals surface area contributed by atoms with Gasteiger partial charge in [-0.05, 0) is 38.8 Å². The maximum absolute atomic E-state index is 11.9. The van der Waals surface area contributed by atoms with Crippen LogP contribution in [0.2, 0.25) is 0 Å². The minimum atomic E-state index is -0.180. The predicted molar refractivity (Wildman–Crippen MR) is 79.7 cm³/mol. The molecule has 110 valence electrons. The molecule has 0 saturated carbocycles. The highest BCUT2D eigenvalue weighted by Crippen LogP contribution is 2.19. The average molecular weight is 276 g/mol. The summed E-state index contributed by atoms with van der Waals surface area (Å²) in [7, 11) is 0. The van der Waals surface area contributed by atoms with Gasteiger partial charge in [-0.2, -0.15) is 0 Å². The summed E-state index contributed by atoms with van der Waals surface area (Å²) in [5.41, 5.74) is 3.41. The minimum absolute atomic E-state index is 0.000906. The molecule has 1 aromatic carbocycles. The first-order chi connectivity index (χ1) is 9.39. The van der Waals surface area contributed by atoms with Gasteiger partial charge in [0.15, 0.2) is 0 Å². The van der Waals surface area contributed by atoms with Gasteiger partial charge in [0.05, 0.1) is 11.6 Å². The third-order valence-corrected chi connectivity index (χ3v) is 3.82. The van der Waals surface area contributed by atoms with Crippen LogP contribution in [-0.4, -0.2) is 31.2 Å². The topological polar surface area (TPSA) is 50.4 Å². The maximum atomic E-state index is 11.9. The molecule has 1 unspecified atom stereocenters. The molecule has 1 aromatic rings. The van der Waals surface area contributed by atoms with Gasteiger partial charge in [-0.15, -0.1) is 0 Å². The van der Waals surface area contributed by atoms with Crippen LogP contribution in [0.4, 0.5) is 0 Å². The van der Waals surface area contributed by atoms with E-state index in [1.54, 1.807) is 0 Å². The highest BCUT2D eigenvalue weighted by Gasteiger charge is 2.33. The monoisotopic (exact) mass is 276 g/mol. The number of carbonyl (C=O) groups excluding carboxylic acids is 1. The van der Waals surface area contributed by atoms with Crippen LogP contribution in [0.15, 0.2) is 18.2 Å². The minimum Gasteiger partial charge on any atom is -0.363 e. The van der Waals surface area contributed by atoms with Crippen molar-refractivity contribution in [3.05, 3.63) is 34.9 Å². The molecule has 20 heavy (non-hydrogen) atoms. The van der Waals surface area contributed by atoms with Gasteiger partial charge >= 0.3 is 0 Å². The first-order valence-corrected chi connectivity index (χ1v) is 7.11. The van der Waals surface area contributed by atoms with Crippen LogP contribution in [0.25, 0.3) is 0 Å². The Morgan fingerprint density at radius 3 is 2.70 bits per heavy atom. The molecule has 4 nitrogen and oxygen atoms in total. The Kier molecular flexibility index (Phi) is 4.45. The number of aryl methyl sites for hydroxylation is 2. The summed E-state index contributed by atoms with van der Waals surface area (Å²) in [6.07, 6.45) is 0. The third-order valence-electron chi connectivity index (χ3n) is 3.82. The molecule has 1 saturated heterocycles. The standard InChI is InChI=1S/C16H24N2O2/c1-11-5-6-14(12(2)7-11)13(3)18-15(19)8-20-16(4)9-17-10-16/h5-7,13,17H,8-10H2,1-4H3,(H,18,19). The Morgan fingerprint density at radius 2 is 2.15 bits per heavy atom. The zero-order valence-corrected chi connectivity index (χ0v) is 12.7. The van der Waals surface area contributed by atoms with Gasteiger partial charge < -0.3 is 15.4 Å². The van der Waals surface area contributed by atoms with E-state index in [4.69, 9.17) is 4.74 Å². The van der Waals surface area contributed by atoms with Gasteiger partial charge in [0.2, 0.25) is 5.91 Å². The number of amides is 1. The quantitative estimate of drug-likeness (QED) is 0.863. The summed E-state index contributed by atoms with van der Waals surface area (Å²) >= 11 is 0. The van der Waals surface area contributed by atoms with Gasteiger partial charge in [-0.3, -0.25) is 4.79 Å². The molecular weight excluding hydrogens is 252 g/mol. The fraction of sp³-hybridized carbons (Fsp3) is 0.562. The molecule has 0 radical (unpaired) electrons. The number of ether oxygens (including phenoxy) is 1. The molecule has 2 N–H and O–H groups in total. The smallest absolute Gasteiger partial charge is 0.246 e. The van der Waals surface area contributed by atoms with Crippen LogP contribution in [0, 0.1) is 13.8 Å². The lowest BCUT2D eigenvalue weighted by Crippen LogP contribution is -2.59. The number of hydrogen-bond donors (Lipinski definition) is 2. The normalized spacial score (nSPS) is 18.2. The van der Waals surface area contributed by atoms with E-state index in [0.29, 0.717) is 0 Å². The zero-order chi connectivity index (χ0) is 14.8. The lowest BCUT2D eigenvalue weighted by molar-refractivity contribution is -0.136. The molecule has 1 fully saturated rings. The molecule has 0 bridgehead atoms. The molecule has 1 amide bonds. The van der Waals surface area contributed by atoms with Crippen molar-refractivity contribution in [2.45, 2.75) is 39.3 Å². The van der Waals surface area contributed by atoms with Crippen molar-refractivity contribution in [1.29, 1.82) is 0 Å². The second kappa shape index (κ2) is 5.94. The van der Waals surface area contributed by atoms with Gasteiger partial charge in [0, 0.05) is 13.1 Å². The van der Waals surface area contributed by atoms with Gasteiger partial charge in [0.1, 0.15) is 6.61 Å². The zero-order valence-electron chi connectivity index (χ0n) is 12.7. The first kappa shape index (κ1) is 15.0. The molecule has 1 atom stereocenters. The molecular formula is C16H24N2O2. The van der Waals surface area contributed by atoms with Crippen LogP contribution in [0.1, 0.15) is 36.6 Å². The summed E-state index contributed by atoms with van der Waals surface area (Å²) in [5, 5.41) is 6.14. The van der Waals surface area contributed by atoms with E-state index in [1.165, 1.54) is 11.1 Å². The van der Waals surface area contributed by atoms with Gasteiger partial charge in [-0.25, -0.2) is 0 Å². The van der Waals surface area contributed by atoms with Crippen LogP contribution in [-0.2, 0) is 9.53 Å². The summed E-state index contributed by atoms with van der Waals surface area (Å²) in [6.45, 7) is 9.91. The molecule has 0 aliphatic carbocycles. The number of hydrogen-bond acceptors (Lipinski definition) is 3. The van der Waals surface area contributed by atoms with Crippen LogP contribution in [0.5, 0.6) is 0 Å². The van der Waals surface area contributed by atoms with E-state index in [-0.39, 0.29) is 24.2 Å². The summed E-state index contributed by atoms with van der Waals surface area (Å²) in [4.78, 5) is 11.9. The van der Waals surface area contributed by atoms with E-state index in [9.17, 15) is 4.79 Å². The van der Waals surface area contributed by atoms with E-state index >= 15 is 0 Å². The average Bonchev–Trinajstić information content (AvgIpc) is 2.33. The fourth-order valence-electron chi connectivity index (χ4n) is 2.49. The molecule has 4 heteroatoms. The largest absolute Gasteiger partial charge is 0.363 e. The Morgan fingerprint density at radius 1 is 1.45 bits per heavy atom. The number of benzene rings is 1. The second-order valence-electron chi connectivity index (χ2n) is 5.99. The van der Waals surface area contributed by atoms with Crippen molar-refractivity contribution >= 4 is 5.91 Å². The highest BCUT2D eigenvalue weighted by molar-refractivity contribution is 5.77. The summed E-state index contributed by atoms with van der Waals surface area (Å²) in [5.74, 6) is -0.0643. The van der Waals surface area contributed by atoms with E-state index < -0.39 is 0 Å². The Labute approximate surface area is 120 Å². The van der Waals surface area contributed by atoms with Crippen molar-refractivity contribution < 1.29 is 9.53 Å². The Balaban J connectivity index is 1.86. The van der Waals surface area contributed by atoms with E-state index in [1.807, 2.05) is 13.8 Å². The summed E-state index contributed by atoms with van der Waals surface area (Å²) in [6, 6.07) is 6.28. The van der Waals surface area contributed by atoms with E-state index in [0.717, 1.165) is 18.7 Å². The lowest BCUT2D eigenvalue weighted by Gasteiger charge is -2.38. The van der Waals surface area contributed by atoms with Crippen LogP contribution < -0.4 is 10.6 Å². The number of carbonyl (C=O) groups is 1. The second-order valence-corrected chi connectivity index (χ2v) is 5.99. The van der Waals surface area contributed by atoms with Gasteiger partial charge in [0.25, 0.3) is 0 Å². The molecule has 2 rings (SSSR count). The lowest BCUT2D eigenvalue weighted by atomic mass is 10.00. The van der Waals surface area contributed by atoms with Crippen molar-refractivity contribution in [1.82, 2.24) is 10.6 Å². The number of nitrogens with one attached hydrogen (secondary N) is 2. The van der Waals surface area contributed by atoms with Crippen molar-refractivity contribution in [2.75, 3.05) is 19.7 Å². The maximum Gasteiger partial charge on any atom is 0.246 e. The Hall–Kier alpha value is -1.39. The van der Waals surface area contributed by atoms with Crippen molar-refractivity contribution in [3.63, 3.8) is 0 Å². The number of rotatable bonds is 5. The first-order valence-electron chi connectivity index (χ1n) is 7.11.